The van der Waals surface area contributed by atoms with Crippen LogP contribution >= 0.6 is 12.6 Å². The molecule has 0 saturated heterocycles. The van der Waals surface area contributed by atoms with Gasteiger partial charge in [-0.15, -0.1) is 12.6 Å². The average Bonchev–Trinajstić information content (AvgIpc) is 2.05. The second-order valence-corrected chi connectivity index (χ2v) is 2.67. The van der Waals surface area contributed by atoms with Crippen molar-refractivity contribution in [1.29, 1.82) is 0 Å². The van der Waals surface area contributed by atoms with Crippen molar-refractivity contribution in [1.82, 2.24) is 0 Å². The Morgan fingerprint density at radius 2 is 2.25 bits per heavy atom. The largest absolute Gasteiger partial charge is 0.466 e. The molecule has 0 aromatic carbocycles. The lowest BCUT2D eigenvalue weighted by Crippen LogP contribution is -2.39. The molecular formula is C6H11O4SSi. The van der Waals surface area contributed by atoms with Crippen LogP contribution in [0.3, 0.4) is 0 Å². The molecular weight excluding hydrogens is 196 g/mol. The maximum atomic E-state index is 11.1. The van der Waals surface area contributed by atoms with Gasteiger partial charge < -0.3 is 14.2 Å². The van der Waals surface area contributed by atoms with Gasteiger partial charge in [0.2, 0.25) is 0 Å². The predicted octanol–water partition coefficient (Wildman–Crippen LogP) is -0.0779. The van der Waals surface area contributed by atoms with Crippen LogP contribution in [0.25, 0.3) is 0 Å². The van der Waals surface area contributed by atoms with Crippen LogP contribution in [0.2, 0.25) is 0 Å². The highest BCUT2D eigenvalue weighted by atomic mass is 32.1. The van der Waals surface area contributed by atoms with Crippen molar-refractivity contribution in [2.24, 2.45) is 0 Å². The Balaban J connectivity index is 4.18. The third kappa shape index (κ3) is 3.14. The van der Waals surface area contributed by atoms with E-state index >= 15 is 0 Å². The van der Waals surface area contributed by atoms with Gasteiger partial charge in [-0.1, -0.05) is 0 Å². The smallest absolute Gasteiger partial charge is 0.378 e. The molecule has 69 valence electrons. The number of rotatable bonds is 5. The summed E-state index contributed by atoms with van der Waals surface area (Å²) in [6.07, 6.45) is 0.0809. The first-order valence-electron chi connectivity index (χ1n) is 3.34. The van der Waals surface area contributed by atoms with Gasteiger partial charge in [0, 0.05) is 13.7 Å². The average molecular weight is 207 g/mol. The molecule has 0 aromatic heterocycles. The molecule has 6 heteroatoms. The molecule has 12 heavy (non-hydrogen) atoms. The van der Waals surface area contributed by atoms with E-state index in [1.54, 1.807) is 6.92 Å². The number of methoxy groups -OCH3 is 1. The lowest BCUT2D eigenvalue weighted by Gasteiger charge is -2.23. The molecule has 3 radical (unpaired) electrons. The van der Waals surface area contributed by atoms with E-state index in [4.69, 9.17) is 9.47 Å². The molecule has 0 saturated carbocycles. The van der Waals surface area contributed by atoms with Crippen LogP contribution in [0.15, 0.2) is 0 Å². The highest BCUT2D eigenvalue weighted by Crippen LogP contribution is 2.18. The molecule has 0 fully saturated rings. The lowest BCUT2D eigenvalue weighted by molar-refractivity contribution is -0.198. The second kappa shape index (κ2) is 5.58. The fourth-order valence-electron chi connectivity index (χ4n) is 0.554. The van der Waals surface area contributed by atoms with Crippen molar-refractivity contribution in [3.63, 3.8) is 0 Å². The summed E-state index contributed by atoms with van der Waals surface area (Å²) in [7, 11) is 4.30. The number of esters is 1. The summed E-state index contributed by atoms with van der Waals surface area (Å²) < 4.78 is 14.3. The van der Waals surface area contributed by atoms with Crippen LogP contribution in [0.4, 0.5) is 0 Å². The van der Waals surface area contributed by atoms with Crippen molar-refractivity contribution in [3.8, 4) is 0 Å². The Kier molecular flexibility index (Phi) is 5.56. The summed E-state index contributed by atoms with van der Waals surface area (Å²) in [6.45, 7) is 2.04. The van der Waals surface area contributed by atoms with Gasteiger partial charge in [-0.05, 0) is 6.92 Å². The fraction of sp³-hybridized carbons (Fsp3) is 0.833. The molecule has 1 atom stereocenters. The summed E-state index contributed by atoms with van der Waals surface area (Å²) in [5, 5.41) is -1.60. The van der Waals surface area contributed by atoms with Crippen LogP contribution in [0, 0.1) is 0 Å². The van der Waals surface area contributed by atoms with Crippen LogP contribution in [-0.2, 0) is 19.0 Å². The first kappa shape index (κ1) is 12.0. The molecule has 0 heterocycles. The normalized spacial score (nSPS) is 15.3. The Labute approximate surface area is 80.4 Å². The minimum absolute atomic E-state index is 0.0809. The van der Waals surface area contributed by atoms with Gasteiger partial charge in [-0.3, -0.25) is 0 Å². The zero-order chi connectivity index (χ0) is 9.61. The number of thiol groups is 1. The van der Waals surface area contributed by atoms with Crippen molar-refractivity contribution in [2.45, 2.75) is 12.0 Å². The fourth-order valence-corrected chi connectivity index (χ4v) is 0.878. The van der Waals surface area contributed by atoms with Crippen LogP contribution in [0.1, 0.15) is 6.92 Å². The molecule has 0 aromatic rings. The van der Waals surface area contributed by atoms with Crippen molar-refractivity contribution in [2.75, 3.05) is 19.9 Å². The Hall–Kier alpha value is -0.0431. The van der Waals surface area contributed by atoms with E-state index in [0.29, 0.717) is 6.61 Å². The SMILES string of the molecule is CCOC(S)(OC)C(=O)OC[Si]. The molecule has 0 spiro atoms. The molecule has 0 aliphatic carbocycles. The minimum atomic E-state index is -1.60. The quantitative estimate of drug-likeness (QED) is 0.296. The Morgan fingerprint density at radius 1 is 1.67 bits per heavy atom. The molecule has 0 aliphatic rings. The van der Waals surface area contributed by atoms with E-state index in [2.05, 4.69) is 27.6 Å². The highest BCUT2D eigenvalue weighted by molar-refractivity contribution is 7.82. The number of hydrogen-bond donors (Lipinski definition) is 1. The zero-order valence-electron chi connectivity index (χ0n) is 6.99. The molecule has 4 nitrogen and oxygen atoms in total. The third-order valence-electron chi connectivity index (χ3n) is 1.08. The van der Waals surface area contributed by atoms with Crippen LogP contribution in [-0.4, -0.2) is 41.3 Å². The third-order valence-corrected chi connectivity index (χ3v) is 1.72. The first-order valence-corrected chi connectivity index (χ1v) is 4.49. The van der Waals surface area contributed by atoms with E-state index in [1.165, 1.54) is 7.11 Å². The van der Waals surface area contributed by atoms with Crippen LogP contribution in [0.5, 0.6) is 0 Å². The van der Waals surface area contributed by atoms with E-state index in [9.17, 15) is 4.79 Å². The van der Waals surface area contributed by atoms with Crippen molar-refractivity contribution < 1.29 is 19.0 Å². The number of carbonyl (C=O) groups is 1. The minimum Gasteiger partial charge on any atom is -0.466 e. The summed E-state index contributed by atoms with van der Waals surface area (Å²) >= 11 is 3.89. The van der Waals surface area contributed by atoms with Crippen molar-refractivity contribution in [3.05, 3.63) is 0 Å². The number of carbonyl (C=O) groups excluding carboxylic acids is 1. The summed E-state index contributed by atoms with van der Waals surface area (Å²) in [6, 6.07) is 0. The number of ether oxygens (including phenoxy) is 3. The Morgan fingerprint density at radius 3 is 2.58 bits per heavy atom. The molecule has 0 amide bonds. The molecule has 0 N–H and O–H groups in total. The highest BCUT2D eigenvalue weighted by Gasteiger charge is 2.37. The molecule has 1 unspecified atom stereocenters. The molecule has 0 bridgehead atoms. The van der Waals surface area contributed by atoms with E-state index in [0.717, 1.165) is 0 Å². The first-order chi connectivity index (χ1) is 5.60. The van der Waals surface area contributed by atoms with Crippen LogP contribution < -0.4 is 0 Å². The van der Waals surface area contributed by atoms with E-state index in [1.807, 2.05) is 0 Å². The zero-order valence-corrected chi connectivity index (χ0v) is 8.89. The summed E-state index contributed by atoms with van der Waals surface area (Å²) in [5.41, 5.74) is 0. The van der Waals surface area contributed by atoms with Gasteiger partial charge in [-0.25, -0.2) is 4.79 Å². The maximum Gasteiger partial charge on any atom is 0.378 e. The van der Waals surface area contributed by atoms with E-state index < -0.39 is 11.1 Å². The second-order valence-electron chi connectivity index (χ2n) is 1.80. The standard InChI is InChI=1S/C6H11O4SSi/c1-3-10-6(11,8-2)5(7)9-4-12/h11H,3-4H2,1-2H3. The van der Waals surface area contributed by atoms with Gasteiger partial charge in [0.05, 0.1) is 16.5 Å². The maximum absolute atomic E-state index is 11.1. The molecule has 0 aliphatic heterocycles. The van der Waals surface area contributed by atoms with Gasteiger partial charge >= 0.3 is 11.1 Å². The van der Waals surface area contributed by atoms with Gasteiger partial charge in [0.15, 0.2) is 0 Å². The van der Waals surface area contributed by atoms with E-state index in [-0.39, 0.29) is 6.23 Å². The van der Waals surface area contributed by atoms with Gasteiger partial charge in [-0.2, -0.15) is 0 Å². The monoisotopic (exact) mass is 207 g/mol. The summed E-state index contributed by atoms with van der Waals surface area (Å²) in [4.78, 5) is 11.1. The molecule has 0 rings (SSSR count). The Bertz CT molecular complexity index is 154. The van der Waals surface area contributed by atoms with Gasteiger partial charge in [0.25, 0.3) is 0 Å². The number of hydrogen-bond acceptors (Lipinski definition) is 5. The van der Waals surface area contributed by atoms with Crippen molar-refractivity contribution >= 4 is 28.8 Å². The topological polar surface area (TPSA) is 44.8 Å². The van der Waals surface area contributed by atoms with Gasteiger partial charge in [0.1, 0.15) is 0 Å². The lowest BCUT2D eigenvalue weighted by atomic mass is 10.6. The predicted molar refractivity (Wildman–Crippen MR) is 47.1 cm³/mol. The summed E-state index contributed by atoms with van der Waals surface area (Å²) in [5.74, 6) is -0.676.